The molecule has 0 heterocycles. The minimum atomic E-state index is -1.62. The minimum Gasteiger partial charge on any atom is -0.545 e. The monoisotopic (exact) mass is 1070 g/mol. The van der Waals surface area contributed by atoms with Gasteiger partial charge in [-0.1, -0.05) is 287 Å². The van der Waals surface area contributed by atoms with Crippen molar-refractivity contribution >= 4 is 17.9 Å². The number of nitrogens with zero attached hydrogens (tertiary/aromatic N) is 1. The van der Waals surface area contributed by atoms with E-state index in [0.717, 1.165) is 64.2 Å². The Balaban J connectivity index is 4.07. The number of carboxylic acid groups (broad SMARTS) is 1. The molecule has 0 radical (unpaired) electrons. The Kier molecular flexibility index (Phi) is 56.3. The van der Waals surface area contributed by atoms with E-state index in [1.807, 2.05) is 21.1 Å². The number of rotatable bonds is 60. The number of hydrogen-bond acceptors (Lipinski definition) is 8. The second-order valence-electron chi connectivity index (χ2n) is 23.0. The van der Waals surface area contributed by atoms with Crippen molar-refractivity contribution in [2.45, 2.75) is 315 Å². The van der Waals surface area contributed by atoms with Crippen molar-refractivity contribution in [3.63, 3.8) is 0 Å². The maximum absolute atomic E-state index is 12.9. The second-order valence-corrected chi connectivity index (χ2v) is 23.0. The Labute approximate surface area is 470 Å². The van der Waals surface area contributed by atoms with Crippen molar-refractivity contribution in [1.82, 2.24) is 0 Å². The molecule has 0 aliphatic heterocycles. The van der Waals surface area contributed by atoms with Crippen LogP contribution in [0.3, 0.4) is 0 Å². The van der Waals surface area contributed by atoms with Crippen LogP contribution in [-0.4, -0.2) is 82.3 Å². The molecule has 0 aliphatic carbocycles. The van der Waals surface area contributed by atoms with Crippen molar-refractivity contribution in [3.05, 3.63) is 48.6 Å². The quantitative estimate of drug-likeness (QED) is 0.0195. The minimum absolute atomic E-state index is 0.150. The molecule has 0 aromatic rings. The molecule has 76 heavy (non-hydrogen) atoms. The third-order valence-corrected chi connectivity index (χ3v) is 14.3. The van der Waals surface area contributed by atoms with Crippen molar-refractivity contribution in [1.29, 1.82) is 0 Å². The fourth-order valence-corrected chi connectivity index (χ4v) is 9.41. The molecule has 9 nitrogen and oxygen atoms in total. The average Bonchev–Trinajstić information content (AvgIpc) is 3.39. The SMILES string of the molecule is CC/C=C\C/C=C\C/C=C\C/C=C\CCCCCCCCCCCCCCCCCCCCCCC(=O)OC(COC(=O)CCCCCCCCCCCCCCCCCCCC)COC(OCC[N+](C)(C)C)C(=O)[O-]. The van der Waals surface area contributed by atoms with Gasteiger partial charge in [0.05, 0.1) is 40.3 Å². The van der Waals surface area contributed by atoms with E-state index in [-0.39, 0.29) is 32.2 Å². The number of aliphatic carboxylic acids is 1. The first kappa shape index (κ1) is 73.2. The van der Waals surface area contributed by atoms with Crippen LogP contribution in [0.5, 0.6) is 0 Å². The summed E-state index contributed by atoms with van der Waals surface area (Å²) in [7, 11) is 5.94. The molecular weight excluding hydrogens is 947 g/mol. The van der Waals surface area contributed by atoms with Crippen molar-refractivity contribution in [2.75, 3.05) is 47.5 Å². The molecule has 0 N–H and O–H groups in total. The summed E-state index contributed by atoms with van der Waals surface area (Å²) in [5.74, 6) is -2.26. The van der Waals surface area contributed by atoms with Crippen LogP contribution in [0.1, 0.15) is 303 Å². The number of carbonyl (C=O) groups is 3. The van der Waals surface area contributed by atoms with Crippen LogP contribution in [-0.2, 0) is 33.3 Å². The Hall–Kier alpha value is -2.75. The fraction of sp³-hybridized carbons (Fsp3) is 0.836. The lowest BCUT2D eigenvalue weighted by atomic mass is 10.0. The summed E-state index contributed by atoms with van der Waals surface area (Å²) in [6.45, 7) is 4.69. The zero-order chi connectivity index (χ0) is 55.5. The molecule has 0 amide bonds. The third-order valence-electron chi connectivity index (χ3n) is 14.3. The standard InChI is InChI=1S/C67H123NO8/c1-6-8-10-12-14-16-18-20-22-24-26-27-28-29-30-31-32-33-34-35-36-37-38-39-40-42-44-46-48-50-52-54-56-58-65(70)76-63(62-75-67(66(71)72)73-60-59-68(3,4)5)61-74-64(69)57-55-53-51-49-47-45-43-41-25-23-21-19-17-15-13-11-9-7-2/h8,10,14,16,20,22,26-27,63,67H,6-7,9,11-13,15,17-19,21,23-25,28-62H2,1-5H3/b10-8-,16-14-,22-20-,27-26-. The highest BCUT2D eigenvalue weighted by atomic mass is 16.7. The predicted octanol–water partition coefficient (Wildman–Crippen LogP) is 18.1. The lowest BCUT2D eigenvalue weighted by molar-refractivity contribution is -0.870. The highest BCUT2D eigenvalue weighted by Crippen LogP contribution is 2.18. The summed E-state index contributed by atoms with van der Waals surface area (Å²) in [6, 6.07) is 0. The summed E-state index contributed by atoms with van der Waals surface area (Å²) in [4.78, 5) is 37.4. The van der Waals surface area contributed by atoms with Gasteiger partial charge in [-0.2, -0.15) is 0 Å². The van der Waals surface area contributed by atoms with Gasteiger partial charge in [-0.25, -0.2) is 0 Å². The Morgan fingerprint density at radius 1 is 0.408 bits per heavy atom. The van der Waals surface area contributed by atoms with E-state index in [0.29, 0.717) is 17.4 Å². The van der Waals surface area contributed by atoms with E-state index in [4.69, 9.17) is 18.9 Å². The summed E-state index contributed by atoms with van der Waals surface area (Å²) >= 11 is 0. The molecule has 0 saturated carbocycles. The van der Waals surface area contributed by atoms with Crippen molar-refractivity contribution in [2.24, 2.45) is 0 Å². The molecule has 0 aliphatic rings. The summed E-state index contributed by atoms with van der Waals surface area (Å²) in [5.41, 5.74) is 0. The summed E-state index contributed by atoms with van der Waals surface area (Å²) in [5, 5.41) is 11.8. The highest BCUT2D eigenvalue weighted by molar-refractivity contribution is 5.70. The van der Waals surface area contributed by atoms with E-state index >= 15 is 0 Å². The van der Waals surface area contributed by atoms with Gasteiger partial charge in [0.25, 0.3) is 0 Å². The van der Waals surface area contributed by atoms with Gasteiger partial charge < -0.3 is 33.3 Å². The van der Waals surface area contributed by atoms with Gasteiger partial charge in [0.15, 0.2) is 12.4 Å². The molecule has 0 spiro atoms. The molecule has 444 valence electrons. The molecule has 0 aromatic heterocycles. The smallest absolute Gasteiger partial charge is 0.306 e. The third kappa shape index (κ3) is 58.9. The Morgan fingerprint density at radius 2 is 0.750 bits per heavy atom. The molecule has 0 fully saturated rings. The van der Waals surface area contributed by atoms with E-state index in [1.165, 1.54) is 212 Å². The van der Waals surface area contributed by atoms with Gasteiger partial charge in [0, 0.05) is 12.8 Å². The maximum atomic E-state index is 12.9. The average molecular weight is 1070 g/mol. The van der Waals surface area contributed by atoms with Crippen LogP contribution in [0.25, 0.3) is 0 Å². The van der Waals surface area contributed by atoms with Gasteiger partial charge >= 0.3 is 11.9 Å². The van der Waals surface area contributed by atoms with Gasteiger partial charge in [0.2, 0.25) is 0 Å². The highest BCUT2D eigenvalue weighted by Gasteiger charge is 2.22. The van der Waals surface area contributed by atoms with Crippen LogP contribution in [0, 0.1) is 0 Å². The topological polar surface area (TPSA) is 111 Å². The first-order valence-corrected chi connectivity index (χ1v) is 32.3. The number of hydrogen-bond donors (Lipinski definition) is 0. The van der Waals surface area contributed by atoms with Crippen molar-refractivity contribution < 1.29 is 42.9 Å². The molecule has 0 aromatic carbocycles. The van der Waals surface area contributed by atoms with Gasteiger partial charge in [0.1, 0.15) is 13.2 Å². The first-order valence-electron chi connectivity index (χ1n) is 32.3. The van der Waals surface area contributed by atoms with E-state index in [1.54, 1.807) is 0 Å². The molecule has 0 rings (SSSR count). The molecule has 0 saturated heterocycles. The summed E-state index contributed by atoms with van der Waals surface area (Å²) in [6.07, 6.45) is 70.4. The maximum Gasteiger partial charge on any atom is 0.306 e. The summed E-state index contributed by atoms with van der Waals surface area (Å²) < 4.78 is 22.8. The van der Waals surface area contributed by atoms with Crippen LogP contribution in [0.4, 0.5) is 0 Å². The number of allylic oxidation sites excluding steroid dienone is 8. The lowest BCUT2D eigenvalue weighted by Crippen LogP contribution is -2.44. The zero-order valence-electron chi connectivity index (χ0n) is 50.6. The normalized spacial score (nSPS) is 13.0. The Bertz CT molecular complexity index is 1380. The second kappa shape index (κ2) is 58.4. The van der Waals surface area contributed by atoms with Crippen LogP contribution < -0.4 is 5.11 Å². The number of likely N-dealkylation sites (N-methyl/N-ethyl adjacent to an activating group) is 1. The van der Waals surface area contributed by atoms with Gasteiger partial charge in [-0.3, -0.25) is 9.59 Å². The van der Waals surface area contributed by atoms with E-state index in [9.17, 15) is 19.5 Å². The largest absolute Gasteiger partial charge is 0.545 e. The van der Waals surface area contributed by atoms with Gasteiger partial charge in [-0.15, -0.1) is 0 Å². The Morgan fingerprint density at radius 3 is 1.12 bits per heavy atom. The molecule has 9 heteroatoms. The number of quaternary nitrogens is 1. The molecule has 2 atom stereocenters. The van der Waals surface area contributed by atoms with Crippen LogP contribution in [0.15, 0.2) is 48.6 Å². The number of carbonyl (C=O) groups excluding carboxylic acids is 3. The fourth-order valence-electron chi connectivity index (χ4n) is 9.41. The van der Waals surface area contributed by atoms with Gasteiger partial charge in [-0.05, 0) is 51.4 Å². The number of carboxylic acids is 1. The number of unbranched alkanes of at least 4 members (excludes halogenated alkanes) is 37. The number of esters is 2. The van der Waals surface area contributed by atoms with Crippen molar-refractivity contribution in [3.8, 4) is 0 Å². The van der Waals surface area contributed by atoms with Crippen LogP contribution in [0.2, 0.25) is 0 Å². The van der Waals surface area contributed by atoms with E-state index < -0.39 is 24.3 Å². The molecular formula is C67H123NO8. The first-order chi connectivity index (χ1) is 37.1. The molecule has 0 bridgehead atoms. The van der Waals surface area contributed by atoms with Crippen LogP contribution >= 0.6 is 0 Å². The lowest BCUT2D eigenvalue weighted by Gasteiger charge is -2.26. The number of ether oxygens (including phenoxy) is 4. The zero-order valence-corrected chi connectivity index (χ0v) is 50.6. The van der Waals surface area contributed by atoms with E-state index in [2.05, 4.69) is 62.5 Å². The molecule has 2 unspecified atom stereocenters. The predicted molar refractivity (Wildman–Crippen MR) is 320 cm³/mol.